The van der Waals surface area contributed by atoms with Crippen LogP contribution >= 0.6 is 0 Å². The number of rotatable bonds is 4. The van der Waals surface area contributed by atoms with Crippen molar-refractivity contribution in [2.24, 2.45) is 0 Å². The van der Waals surface area contributed by atoms with E-state index in [9.17, 15) is 24.6 Å². The highest BCUT2D eigenvalue weighted by molar-refractivity contribution is 5.97. The molecule has 0 aromatic heterocycles. The Balaban J connectivity index is 1.78. The molecule has 1 aliphatic rings. The summed E-state index contributed by atoms with van der Waals surface area (Å²) in [6.07, 6.45) is 0. The monoisotopic (exact) mass is 384 g/mol. The number of benzene rings is 2. The van der Waals surface area contributed by atoms with Gasteiger partial charge >= 0.3 is 0 Å². The number of amides is 1. The lowest BCUT2D eigenvalue weighted by Crippen LogP contribution is -2.49. The number of hydrogen-bond acceptors (Lipinski definition) is 6. The average molecular weight is 384 g/mol. The first-order valence-electron chi connectivity index (χ1n) is 8.51. The van der Waals surface area contributed by atoms with Crippen molar-refractivity contribution in [3.05, 3.63) is 63.5 Å². The summed E-state index contributed by atoms with van der Waals surface area (Å²) in [6.45, 7) is 1.46. The van der Waals surface area contributed by atoms with E-state index in [0.717, 1.165) is 0 Å². The number of nitriles is 1. The molecule has 0 spiro atoms. The second kappa shape index (κ2) is 7.92. The normalized spacial score (nSPS) is 13.8. The average Bonchev–Trinajstić information content (AvgIpc) is 2.72. The number of methoxy groups -OCH3 is 1. The smallest absolute Gasteiger partial charge is 0.270 e. The summed E-state index contributed by atoms with van der Waals surface area (Å²) in [7, 11) is 1.39. The molecule has 0 N–H and O–H groups in total. The van der Waals surface area contributed by atoms with E-state index in [-0.39, 0.29) is 28.5 Å². The molecule has 8 nitrogen and oxygen atoms in total. The zero-order valence-electron chi connectivity index (χ0n) is 15.1. The van der Waals surface area contributed by atoms with Crippen LogP contribution in [-0.4, -0.2) is 49.0 Å². The molecule has 1 aliphatic heterocycles. The highest BCUT2D eigenvalue weighted by Gasteiger charge is 2.27. The molecule has 1 fully saturated rings. The minimum Gasteiger partial charge on any atom is -0.496 e. The van der Waals surface area contributed by atoms with Crippen molar-refractivity contribution in [2.45, 2.75) is 0 Å². The molecule has 1 amide bonds. The maximum absolute atomic E-state index is 13.8. The second-order valence-corrected chi connectivity index (χ2v) is 6.17. The Morgan fingerprint density at radius 3 is 2.57 bits per heavy atom. The van der Waals surface area contributed by atoms with Crippen LogP contribution in [0, 0.1) is 27.3 Å². The summed E-state index contributed by atoms with van der Waals surface area (Å²) in [5.74, 6) is -0.699. The number of anilines is 1. The van der Waals surface area contributed by atoms with Gasteiger partial charge < -0.3 is 14.5 Å². The van der Waals surface area contributed by atoms with Crippen LogP contribution in [0.15, 0.2) is 36.4 Å². The Labute approximate surface area is 160 Å². The minimum absolute atomic E-state index is 0.0253. The third-order valence-corrected chi connectivity index (χ3v) is 4.64. The van der Waals surface area contributed by atoms with Crippen molar-refractivity contribution in [3.63, 3.8) is 0 Å². The lowest BCUT2D eigenvalue weighted by atomic mass is 10.1. The van der Waals surface area contributed by atoms with E-state index in [1.54, 1.807) is 11.0 Å². The molecular formula is C19H17FN4O4. The Morgan fingerprint density at radius 1 is 1.25 bits per heavy atom. The van der Waals surface area contributed by atoms with E-state index in [1.807, 2.05) is 11.0 Å². The Morgan fingerprint density at radius 2 is 1.96 bits per heavy atom. The summed E-state index contributed by atoms with van der Waals surface area (Å²) in [5, 5.41) is 20.2. The fourth-order valence-corrected chi connectivity index (χ4v) is 3.18. The molecule has 2 aromatic rings. The van der Waals surface area contributed by atoms with Crippen LogP contribution in [0.25, 0.3) is 0 Å². The lowest BCUT2D eigenvalue weighted by Gasteiger charge is -2.36. The van der Waals surface area contributed by atoms with Crippen molar-refractivity contribution in [1.82, 2.24) is 4.90 Å². The summed E-state index contributed by atoms with van der Waals surface area (Å²) in [4.78, 5) is 26.7. The minimum atomic E-state index is -0.583. The Hall–Kier alpha value is -3.67. The predicted octanol–water partition coefficient (Wildman–Crippen LogP) is 2.58. The summed E-state index contributed by atoms with van der Waals surface area (Å²) < 4.78 is 19.0. The fourth-order valence-electron chi connectivity index (χ4n) is 3.18. The van der Waals surface area contributed by atoms with Gasteiger partial charge in [0.1, 0.15) is 23.2 Å². The van der Waals surface area contributed by atoms with Gasteiger partial charge in [0.25, 0.3) is 11.6 Å². The van der Waals surface area contributed by atoms with Crippen LogP contribution in [0.4, 0.5) is 15.8 Å². The van der Waals surface area contributed by atoms with Crippen LogP contribution < -0.4 is 9.64 Å². The van der Waals surface area contributed by atoms with E-state index in [1.165, 1.54) is 37.4 Å². The summed E-state index contributed by atoms with van der Waals surface area (Å²) in [5.41, 5.74) is 0.389. The molecule has 3 rings (SSSR count). The molecule has 2 aromatic carbocycles. The van der Waals surface area contributed by atoms with Gasteiger partial charge in [-0.05, 0) is 18.2 Å². The summed E-state index contributed by atoms with van der Waals surface area (Å²) in [6, 6.07) is 10.2. The molecule has 144 valence electrons. The number of nitro benzene ring substituents is 1. The van der Waals surface area contributed by atoms with Crippen molar-refractivity contribution in [3.8, 4) is 11.8 Å². The lowest BCUT2D eigenvalue weighted by molar-refractivity contribution is -0.384. The third kappa shape index (κ3) is 3.57. The Bertz CT molecular complexity index is 965. The van der Waals surface area contributed by atoms with Crippen LogP contribution in [0.1, 0.15) is 15.9 Å². The molecule has 28 heavy (non-hydrogen) atoms. The number of nitrogens with zero attached hydrogens (tertiary/aromatic N) is 4. The molecule has 0 atom stereocenters. The van der Waals surface area contributed by atoms with Crippen LogP contribution in [0.5, 0.6) is 5.75 Å². The number of nitro groups is 1. The van der Waals surface area contributed by atoms with Gasteiger partial charge in [-0.25, -0.2) is 4.39 Å². The number of piperazine rings is 1. The molecule has 0 unspecified atom stereocenters. The quantitative estimate of drug-likeness (QED) is 0.593. The number of carbonyl (C=O) groups excluding carboxylic acids is 1. The van der Waals surface area contributed by atoms with E-state index in [2.05, 4.69) is 0 Å². The first-order valence-corrected chi connectivity index (χ1v) is 8.51. The molecule has 0 bridgehead atoms. The van der Waals surface area contributed by atoms with Gasteiger partial charge in [0.15, 0.2) is 0 Å². The highest BCUT2D eigenvalue weighted by atomic mass is 19.1. The molecule has 0 aliphatic carbocycles. The molecule has 1 heterocycles. The van der Waals surface area contributed by atoms with Gasteiger partial charge in [-0.1, -0.05) is 6.07 Å². The van der Waals surface area contributed by atoms with Gasteiger partial charge in [0.05, 0.1) is 23.3 Å². The number of halogens is 1. The van der Waals surface area contributed by atoms with E-state index >= 15 is 0 Å². The summed E-state index contributed by atoms with van der Waals surface area (Å²) >= 11 is 0. The second-order valence-electron chi connectivity index (χ2n) is 6.17. The molecule has 1 saturated heterocycles. The van der Waals surface area contributed by atoms with Crippen molar-refractivity contribution in [2.75, 3.05) is 38.2 Å². The first-order chi connectivity index (χ1) is 13.5. The SMILES string of the molecule is COc1ccc([N+](=O)[O-])cc1C(=O)N1CCN(c2cccc(F)c2C#N)CC1. The van der Waals surface area contributed by atoms with Crippen LogP contribution in [-0.2, 0) is 0 Å². The van der Waals surface area contributed by atoms with Gasteiger partial charge in [-0.15, -0.1) is 0 Å². The maximum Gasteiger partial charge on any atom is 0.270 e. The molecule has 9 heteroatoms. The number of ether oxygens (including phenoxy) is 1. The van der Waals surface area contributed by atoms with Crippen molar-refractivity contribution < 1.29 is 18.8 Å². The fraction of sp³-hybridized carbons (Fsp3) is 0.263. The predicted molar refractivity (Wildman–Crippen MR) is 98.9 cm³/mol. The largest absolute Gasteiger partial charge is 0.496 e. The van der Waals surface area contributed by atoms with Gasteiger partial charge in [0.2, 0.25) is 0 Å². The topological polar surface area (TPSA) is 99.7 Å². The Kier molecular flexibility index (Phi) is 5.40. The van der Waals surface area contributed by atoms with Crippen molar-refractivity contribution >= 4 is 17.3 Å². The molecular weight excluding hydrogens is 367 g/mol. The van der Waals surface area contributed by atoms with Crippen molar-refractivity contribution in [1.29, 1.82) is 5.26 Å². The third-order valence-electron chi connectivity index (χ3n) is 4.64. The van der Waals surface area contributed by atoms with Gasteiger partial charge in [-0.3, -0.25) is 14.9 Å². The number of carbonyl (C=O) groups is 1. The number of non-ortho nitro benzene ring substituents is 1. The highest BCUT2D eigenvalue weighted by Crippen LogP contribution is 2.27. The van der Waals surface area contributed by atoms with E-state index in [4.69, 9.17) is 4.74 Å². The van der Waals surface area contributed by atoms with Crippen LogP contribution in [0.2, 0.25) is 0 Å². The standard InChI is InChI=1S/C19H17FN4O4/c1-28-18-6-5-13(24(26)27)11-14(18)19(25)23-9-7-22(8-10-23)17-4-2-3-16(20)15(17)12-21/h2-6,11H,7-10H2,1H3. The van der Waals surface area contributed by atoms with Gasteiger partial charge in [-0.2, -0.15) is 5.26 Å². The number of hydrogen-bond donors (Lipinski definition) is 0. The first kappa shape index (κ1) is 19.1. The van der Waals surface area contributed by atoms with E-state index in [0.29, 0.717) is 31.9 Å². The van der Waals surface area contributed by atoms with E-state index < -0.39 is 10.7 Å². The zero-order valence-corrected chi connectivity index (χ0v) is 15.1. The van der Waals surface area contributed by atoms with Crippen LogP contribution in [0.3, 0.4) is 0 Å². The maximum atomic E-state index is 13.8. The molecule has 0 saturated carbocycles. The van der Waals surface area contributed by atoms with Gasteiger partial charge in [0, 0.05) is 38.3 Å². The zero-order chi connectivity index (χ0) is 20.3. The molecule has 0 radical (unpaired) electrons.